The maximum atomic E-state index is 6.04. The van der Waals surface area contributed by atoms with E-state index in [1.807, 2.05) is 0 Å². The van der Waals surface area contributed by atoms with Crippen LogP contribution in [0, 0.1) is 5.92 Å². The molecule has 1 aliphatic rings. The van der Waals surface area contributed by atoms with E-state index in [-0.39, 0.29) is 5.41 Å². The average Bonchev–Trinajstić information content (AvgIpc) is 2.77. The van der Waals surface area contributed by atoms with Crippen molar-refractivity contribution in [2.45, 2.75) is 58.5 Å². The first-order chi connectivity index (χ1) is 8.86. The zero-order valence-corrected chi connectivity index (χ0v) is 13.5. The van der Waals surface area contributed by atoms with Crippen LogP contribution in [0.1, 0.15) is 51.2 Å². The maximum Gasteiger partial charge on any atom is 0.0982 e. The van der Waals surface area contributed by atoms with Gasteiger partial charge in [0.1, 0.15) is 0 Å². The van der Waals surface area contributed by atoms with Crippen molar-refractivity contribution in [2.75, 3.05) is 13.1 Å². The number of likely N-dealkylation sites (tertiary alicyclic amines) is 1. The molecule has 0 aromatic carbocycles. The Labute approximate surface area is 121 Å². The third-order valence-corrected chi connectivity index (χ3v) is 5.18. The summed E-state index contributed by atoms with van der Waals surface area (Å²) < 4.78 is 0. The zero-order chi connectivity index (χ0) is 14.0. The fourth-order valence-electron chi connectivity index (χ4n) is 2.62. The van der Waals surface area contributed by atoms with Gasteiger partial charge in [0.2, 0.25) is 0 Å². The van der Waals surface area contributed by atoms with Gasteiger partial charge in [0.05, 0.1) is 10.7 Å². The van der Waals surface area contributed by atoms with Gasteiger partial charge >= 0.3 is 0 Å². The second-order valence-corrected chi connectivity index (χ2v) is 7.75. The number of hydrogen-bond donors (Lipinski definition) is 1. The Hall–Kier alpha value is -0.450. The molecule has 2 heterocycles. The molecule has 1 aromatic heterocycles. The fourth-order valence-corrected chi connectivity index (χ4v) is 3.52. The zero-order valence-electron chi connectivity index (χ0n) is 12.6. The number of aromatic nitrogens is 1. The van der Waals surface area contributed by atoms with Crippen molar-refractivity contribution in [3.05, 3.63) is 16.1 Å². The summed E-state index contributed by atoms with van der Waals surface area (Å²) >= 11 is 1.79. The molecular weight excluding hydrogens is 254 g/mol. The van der Waals surface area contributed by atoms with Gasteiger partial charge in [-0.3, -0.25) is 4.90 Å². The van der Waals surface area contributed by atoms with Crippen molar-refractivity contribution in [2.24, 2.45) is 11.7 Å². The average molecular weight is 281 g/mol. The molecule has 3 nitrogen and oxygen atoms in total. The van der Waals surface area contributed by atoms with Crippen LogP contribution in [0.25, 0.3) is 0 Å². The predicted octanol–water partition coefficient (Wildman–Crippen LogP) is 3.00. The smallest absolute Gasteiger partial charge is 0.0982 e. The topological polar surface area (TPSA) is 42.1 Å². The van der Waals surface area contributed by atoms with Crippen LogP contribution in [0.3, 0.4) is 0 Å². The molecule has 4 heteroatoms. The van der Waals surface area contributed by atoms with Gasteiger partial charge < -0.3 is 5.73 Å². The Morgan fingerprint density at radius 1 is 1.53 bits per heavy atom. The van der Waals surface area contributed by atoms with Gasteiger partial charge in [-0.15, -0.1) is 11.3 Å². The highest BCUT2D eigenvalue weighted by Gasteiger charge is 2.24. The molecular formula is C15H27N3S. The van der Waals surface area contributed by atoms with Crippen LogP contribution >= 0.6 is 11.3 Å². The molecule has 1 aliphatic heterocycles. The van der Waals surface area contributed by atoms with Gasteiger partial charge in [0.15, 0.2) is 0 Å². The van der Waals surface area contributed by atoms with Crippen LogP contribution in [0.4, 0.5) is 0 Å². The molecule has 0 radical (unpaired) electrons. The summed E-state index contributed by atoms with van der Waals surface area (Å²) in [6, 6.07) is 0.309. The van der Waals surface area contributed by atoms with Crippen molar-refractivity contribution >= 4 is 11.3 Å². The summed E-state index contributed by atoms with van der Waals surface area (Å²) in [5.74, 6) is 0.648. The Kier molecular flexibility index (Phi) is 4.64. The normalized spacial score (nSPS) is 23.5. The van der Waals surface area contributed by atoms with E-state index in [0.717, 1.165) is 13.1 Å². The first kappa shape index (κ1) is 14.9. The van der Waals surface area contributed by atoms with Gasteiger partial charge in [-0.25, -0.2) is 4.98 Å². The van der Waals surface area contributed by atoms with Gasteiger partial charge in [-0.2, -0.15) is 0 Å². The second-order valence-electron chi connectivity index (χ2n) is 6.89. The summed E-state index contributed by atoms with van der Waals surface area (Å²) in [5, 5.41) is 3.46. The minimum absolute atomic E-state index is 0.166. The third kappa shape index (κ3) is 4.01. The van der Waals surface area contributed by atoms with Crippen molar-refractivity contribution in [3.63, 3.8) is 0 Å². The van der Waals surface area contributed by atoms with Gasteiger partial charge in [-0.05, 0) is 32.2 Å². The molecule has 2 rings (SSSR count). The molecule has 2 N–H and O–H groups in total. The second kappa shape index (κ2) is 5.90. The quantitative estimate of drug-likeness (QED) is 0.926. The van der Waals surface area contributed by atoms with E-state index in [4.69, 9.17) is 10.7 Å². The van der Waals surface area contributed by atoms with Crippen LogP contribution in [0.2, 0.25) is 0 Å². The molecule has 0 saturated carbocycles. The number of nitrogens with two attached hydrogens (primary N) is 1. The molecule has 0 amide bonds. The Morgan fingerprint density at radius 2 is 2.26 bits per heavy atom. The monoisotopic (exact) mass is 281 g/mol. The number of hydrogen-bond acceptors (Lipinski definition) is 4. The van der Waals surface area contributed by atoms with Gasteiger partial charge in [0.25, 0.3) is 0 Å². The number of nitrogens with zero attached hydrogens (tertiary/aromatic N) is 2. The number of thiazole rings is 1. The van der Waals surface area contributed by atoms with E-state index >= 15 is 0 Å². The largest absolute Gasteiger partial charge is 0.328 e. The molecule has 2 unspecified atom stereocenters. The fraction of sp³-hybridized carbons (Fsp3) is 0.800. The van der Waals surface area contributed by atoms with Crippen molar-refractivity contribution in [1.82, 2.24) is 9.88 Å². The molecule has 2 atom stereocenters. The first-order valence-electron chi connectivity index (χ1n) is 7.29. The van der Waals surface area contributed by atoms with E-state index in [2.05, 4.69) is 38.0 Å². The van der Waals surface area contributed by atoms with Crippen molar-refractivity contribution < 1.29 is 0 Å². The van der Waals surface area contributed by atoms with Crippen LogP contribution in [0.15, 0.2) is 5.38 Å². The standard InChI is InChI=1S/C15H27N3S/c1-11(16)12-6-5-7-18(8-12)9-13-10-19-14(17-13)15(2,3)4/h10-12H,5-9,16H2,1-4H3. The molecule has 1 saturated heterocycles. The lowest BCUT2D eigenvalue weighted by molar-refractivity contribution is 0.153. The lowest BCUT2D eigenvalue weighted by Gasteiger charge is -2.34. The van der Waals surface area contributed by atoms with E-state index in [0.29, 0.717) is 12.0 Å². The van der Waals surface area contributed by atoms with Gasteiger partial charge in [-0.1, -0.05) is 20.8 Å². The molecule has 0 aliphatic carbocycles. The summed E-state index contributed by atoms with van der Waals surface area (Å²) in [5.41, 5.74) is 7.43. The minimum atomic E-state index is 0.166. The third-order valence-electron chi connectivity index (χ3n) is 3.86. The lowest BCUT2D eigenvalue weighted by atomic mass is 9.92. The van der Waals surface area contributed by atoms with E-state index in [9.17, 15) is 0 Å². The molecule has 19 heavy (non-hydrogen) atoms. The van der Waals surface area contributed by atoms with Crippen LogP contribution < -0.4 is 5.73 Å². The van der Waals surface area contributed by atoms with Gasteiger partial charge in [0, 0.05) is 29.9 Å². The first-order valence-corrected chi connectivity index (χ1v) is 8.17. The van der Waals surface area contributed by atoms with Crippen molar-refractivity contribution in [1.29, 1.82) is 0 Å². The van der Waals surface area contributed by atoms with E-state index in [1.165, 1.54) is 30.1 Å². The van der Waals surface area contributed by atoms with Crippen LogP contribution in [-0.4, -0.2) is 29.0 Å². The minimum Gasteiger partial charge on any atom is -0.328 e. The summed E-state index contributed by atoms with van der Waals surface area (Å²) in [7, 11) is 0. The highest BCUT2D eigenvalue weighted by Crippen LogP contribution is 2.27. The summed E-state index contributed by atoms with van der Waals surface area (Å²) in [6.45, 7) is 12.1. The van der Waals surface area contributed by atoms with E-state index in [1.54, 1.807) is 11.3 Å². The number of rotatable bonds is 3. The summed E-state index contributed by atoms with van der Waals surface area (Å²) in [4.78, 5) is 7.30. The van der Waals surface area contributed by atoms with Crippen LogP contribution in [-0.2, 0) is 12.0 Å². The van der Waals surface area contributed by atoms with Crippen LogP contribution in [0.5, 0.6) is 0 Å². The predicted molar refractivity (Wildman–Crippen MR) is 82.5 cm³/mol. The summed E-state index contributed by atoms with van der Waals surface area (Å²) in [6.07, 6.45) is 2.54. The van der Waals surface area contributed by atoms with E-state index < -0.39 is 0 Å². The Bertz CT molecular complexity index is 406. The molecule has 1 aromatic rings. The SMILES string of the molecule is CC(N)C1CCCN(Cc2csc(C(C)(C)C)n2)C1. The molecule has 0 spiro atoms. The Morgan fingerprint density at radius 3 is 2.84 bits per heavy atom. The molecule has 108 valence electrons. The molecule has 0 bridgehead atoms. The highest BCUT2D eigenvalue weighted by atomic mass is 32.1. The van der Waals surface area contributed by atoms with Crippen molar-refractivity contribution in [3.8, 4) is 0 Å². The Balaban J connectivity index is 1.95. The maximum absolute atomic E-state index is 6.04. The number of piperidine rings is 1. The molecule has 1 fully saturated rings. The highest BCUT2D eigenvalue weighted by molar-refractivity contribution is 7.09. The lowest BCUT2D eigenvalue weighted by Crippen LogP contribution is -2.41.